The first-order valence-electron chi connectivity index (χ1n) is 6.98. The highest BCUT2D eigenvalue weighted by Gasteiger charge is 2.06. The molecule has 0 aliphatic rings. The summed E-state index contributed by atoms with van der Waals surface area (Å²) in [5.74, 6) is 0.683. The predicted molar refractivity (Wildman–Crippen MR) is 80.0 cm³/mol. The Morgan fingerprint density at radius 2 is 1.83 bits per heavy atom. The van der Waals surface area contributed by atoms with E-state index < -0.39 is 0 Å². The molecule has 2 aromatic carbocycles. The molecule has 0 aliphatic heterocycles. The molecule has 0 amide bonds. The first-order chi connectivity index (χ1) is 8.81. The van der Waals surface area contributed by atoms with Crippen molar-refractivity contribution in [2.75, 3.05) is 13.1 Å². The van der Waals surface area contributed by atoms with E-state index >= 15 is 0 Å². The van der Waals surface area contributed by atoms with E-state index in [0.717, 1.165) is 19.5 Å². The van der Waals surface area contributed by atoms with Crippen molar-refractivity contribution in [2.45, 2.75) is 26.7 Å². The molecule has 0 saturated heterocycles. The Morgan fingerprint density at radius 3 is 2.67 bits per heavy atom. The molecule has 1 heteroatoms. The molecule has 0 heterocycles. The van der Waals surface area contributed by atoms with E-state index in [9.17, 15) is 0 Å². The maximum atomic E-state index is 3.50. The zero-order valence-electron chi connectivity index (χ0n) is 11.4. The Hall–Kier alpha value is -1.34. The van der Waals surface area contributed by atoms with Crippen molar-refractivity contribution in [1.29, 1.82) is 0 Å². The van der Waals surface area contributed by atoms with Crippen molar-refractivity contribution in [3.05, 3.63) is 48.0 Å². The van der Waals surface area contributed by atoms with Crippen LogP contribution in [0.15, 0.2) is 42.5 Å². The van der Waals surface area contributed by atoms with Crippen LogP contribution in [0.25, 0.3) is 10.8 Å². The Kier molecular flexibility index (Phi) is 4.77. The van der Waals surface area contributed by atoms with E-state index in [-0.39, 0.29) is 0 Å². The van der Waals surface area contributed by atoms with Gasteiger partial charge in [0.2, 0.25) is 0 Å². The van der Waals surface area contributed by atoms with Gasteiger partial charge in [-0.05, 0) is 48.2 Å². The zero-order valence-corrected chi connectivity index (χ0v) is 11.4. The standard InChI is InChI=1S/C17H23N/c1-3-11-18-13-14(2)12-16-9-6-8-15-7-4-5-10-17(15)16/h4-10,14,18H,3,11-13H2,1-2H3. The van der Waals surface area contributed by atoms with Crippen molar-refractivity contribution in [2.24, 2.45) is 5.92 Å². The van der Waals surface area contributed by atoms with Gasteiger partial charge in [-0.3, -0.25) is 0 Å². The van der Waals surface area contributed by atoms with E-state index in [1.807, 2.05) is 0 Å². The van der Waals surface area contributed by atoms with Crippen molar-refractivity contribution in [3.63, 3.8) is 0 Å². The minimum Gasteiger partial charge on any atom is -0.316 e. The van der Waals surface area contributed by atoms with Gasteiger partial charge in [0.1, 0.15) is 0 Å². The summed E-state index contributed by atoms with van der Waals surface area (Å²) in [5, 5.41) is 6.26. The van der Waals surface area contributed by atoms with Crippen LogP contribution in [0.5, 0.6) is 0 Å². The maximum absolute atomic E-state index is 3.50. The van der Waals surface area contributed by atoms with Gasteiger partial charge in [0.05, 0.1) is 0 Å². The van der Waals surface area contributed by atoms with Crippen LogP contribution < -0.4 is 5.32 Å². The number of hydrogen-bond acceptors (Lipinski definition) is 1. The van der Waals surface area contributed by atoms with Gasteiger partial charge in [0.25, 0.3) is 0 Å². The Balaban J connectivity index is 2.07. The second-order valence-corrected chi connectivity index (χ2v) is 5.15. The molecular weight excluding hydrogens is 218 g/mol. The molecule has 0 spiro atoms. The van der Waals surface area contributed by atoms with E-state index in [4.69, 9.17) is 0 Å². The lowest BCUT2D eigenvalue weighted by molar-refractivity contribution is 0.512. The monoisotopic (exact) mass is 241 g/mol. The van der Waals surface area contributed by atoms with Gasteiger partial charge in [-0.2, -0.15) is 0 Å². The summed E-state index contributed by atoms with van der Waals surface area (Å²) in [4.78, 5) is 0. The van der Waals surface area contributed by atoms with Gasteiger partial charge < -0.3 is 5.32 Å². The third-order valence-corrected chi connectivity index (χ3v) is 3.37. The van der Waals surface area contributed by atoms with Gasteiger partial charge in [-0.1, -0.05) is 56.3 Å². The van der Waals surface area contributed by atoms with E-state index in [2.05, 4.69) is 61.6 Å². The molecule has 1 atom stereocenters. The van der Waals surface area contributed by atoms with E-state index in [0.29, 0.717) is 5.92 Å². The Bertz CT molecular complexity index is 484. The normalized spacial score (nSPS) is 12.8. The van der Waals surface area contributed by atoms with Crippen molar-refractivity contribution < 1.29 is 0 Å². The van der Waals surface area contributed by atoms with Crippen LogP contribution >= 0.6 is 0 Å². The van der Waals surface area contributed by atoms with Gasteiger partial charge in [0.15, 0.2) is 0 Å². The lowest BCUT2D eigenvalue weighted by Gasteiger charge is -2.14. The predicted octanol–water partition coefficient (Wildman–Crippen LogP) is 4.02. The largest absolute Gasteiger partial charge is 0.316 e. The van der Waals surface area contributed by atoms with Crippen LogP contribution in [0.3, 0.4) is 0 Å². The number of nitrogens with one attached hydrogen (secondary N) is 1. The minimum absolute atomic E-state index is 0.683. The molecule has 1 nitrogen and oxygen atoms in total. The lowest BCUT2D eigenvalue weighted by Crippen LogP contribution is -2.23. The molecule has 2 aromatic rings. The molecule has 96 valence electrons. The summed E-state index contributed by atoms with van der Waals surface area (Å²) < 4.78 is 0. The molecular formula is C17H23N. The summed E-state index contributed by atoms with van der Waals surface area (Å²) in [6.45, 7) is 6.77. The van der Waals surface area contributed by atoms with Crippen LogP contribution in [0.1, 0.15) is 25.8 Å². The highest BCUT2D eigenvalue weighted by Crippen LogP contribution is 2.20. The average Bonchev–Trinajstić information content (AvgIpc) is 2.39. The van der Waals surface area contributed by atoms with Gasteiger partial charge in [-0.25, -0.2) is 0 Å². The molecule has 0 saturated carbocycles. The Morgan fingerprint density at radius 1 is 1.06 bits per heavy atom. The summed E-state index contributed by atoms with van der Waals surface area (Å²) in [6, 6.07) is 15.3. The third kappa shape index (κ3) is 3.33. The van der Waals surface area contributed by atoms with Crippen LogP contribution in [-0.2, 0) is 6.42 Å². The van der Waals surface area contributed by atoms with Crippen LogP contribution in [0.4, 0.5) is 0 Å². The van der Waals surface area contributed by atoms with Crippen molar-refractivity contribution in [1.82, 2.24) is 5.32 Å². The topological polar surface area (TPSA) is 12.0 Å². The molecule has 0 aliphatic carbocycles. The molecule has 0 fully saturated rings. The van der Waals surface area contributed by atoms with Crippen LogP contribution in [-0.4, -0.2) is 13.1 Å². The quantitative estimate of drug-likeness (QED) is 0.753. The van der Waals surface area contributed by atoms with Crippen molar-refractivity contribution >= 4 is 10.8 Å². The first-order valence-corrected chi connectivity index (χ1v) is 6.98. The summed E-state index contributed by atoms with van der Waals surface area (Å²) in [6.07, 6.45) is 2.36. The highest BCUT2D eigenvalue weighted by atomic mass is 14.8. The molecule has 2 rings (SSSR count). The third-order valence-electron chi connectivity index (χ3n) is 3.37. The van der Waals surface area contributed by atoms with E-state index in [1.165, 1.54) is 22.8 Å². The van der Waals surface area contributed by atoms with Gasteiger partial charge in [0, 0.05) is 0 Å². The van der Waals surface area contributed by atoms with E-state index in [1.54, 1.807) is 0 Å². The van der Waals surface area contributed by atoms with Crippen molar-refractivity contribution in [3.8, 4) is 0 Å². The van der Waals surface area contributed by atoms with Gasteiger partial charge >= 0.3 is 0 Å². The average molecular weight is 241 g/mol. The number of fused-ring (bicyclic) bond motifs is 1. The summed E-state index contributed by atoms with van der Waals surface area (Å²) >= 11 is 0. The number of hydrogen-bond donors (Lipinski definition) is 1. The molecule has 1 N–H and O–H groups in total. The SMILES string of the molecule is CCCNCC(C)Cc1cccc2ccccc12. The molecule has 0 radical (unpaired) electrons. The number of rotatable bonds is 6. The van der Waals surface area contributed by atoms with Crippen LogP contribution in [0.2, 0.25) is 0 Å². The summed E-state index contributed by atoms with van der Waals surface area (Å²) in [7, 11) is 0. The lowest BCUT2D eigenvalue weighted by atomic mass is 9.96. The fourth-order valence-electron chi connectivity index (χ4n) is 2.44. The number of benzene rings is 2. The second-order valence-electron chi connectivity index (χ2n) is 5.15. The maximum Gasteiger partial charge on any atom is -0.00200 e. The minimum atomic E-state index is 0.683. The molecule has 18 heavy (non-hydrogen) atoms. The highest BCUT2D eigenvalue weighted by molar-refractivity contribution is 5.85. The molecule has 0 bridgehead atoms. The van der Waals surface area contributed by atoms with Gasteiger partial charge in [-0.15, -0.1) is 0 Å². The fraction of sp³-hybridized carbons (Fsp3) is 0.412. The smallest absolute Gasteiger partial charge is 0.00200 e. The summed E-state index contributed by atoms with van der Waals surface area (Å²) in [5.41, 5.74) is 1.47. The molecule has 1 unspecified atom stereocenters. The zero-order chi connectivity index (χ0) is 12.8. The molecule has 0 aromatic heterocycles. The second kappa shape index (κ2) is 6.55. The fourth-order valence-corrected chi connectivity index (χ4v) is 2.44. The Labute approximate surface area is 110 Å². The first kappa shape index (κ1) is 13.1. The van der Waals surface area contributed by atoms with Crippen LogP contribution in [0, 0.1) is 5.92 Å².